The van der Waals surface area contributed by atoms with Gasteiger partial charge in [-0.2, -0.15) is 13.2 Å². The molecule has 1 aromatic carbocycles. The fourth-order valence-corrected chi connectivity index (χ4v) is 2.75. The number of carbonyl (C=O) groups excluding carboxylic acids is 1. The molecule has 1 atom stereocenters. The van der Waals surface area contributed by atoms with Gasteiger partial charge in [-0.1, -0.05) is 13.8 Å². The molecule has 0 bridgehead atoms. The van der Waals surface area contributed by atoms with Gasteiger partial charge >= 0.3 is 6.18 Å². The molecule has 1 fully saturated rings. The van der Waals surface area contributed by atoms with Crippen LogP contribution in [0.4, 0.5) is 18.9 Å². The normalized spacial score (nSPS) is 21.3. The molecule has 0 aromatic heterocycles. The van der Waals surface area contributed by atoms with Crippen LogP contribution < -0.4 is 11.1 Å². The van der Waals surface area contributed by atoms with Gasteiger partial charge in [0, 0.05) is 11.7 Å². The largest absolute Gasteiger partial charge is 0.416 e. The first kappa shape index (κ1) is 15.7. The molecule has 1 aliphatic carbocycles. The van der Waals surface area contributed by atoms with Crippen molar-refractivity contribution in [3.05, 3.63) is 29.3 Å². The number of hydrogen-bond acceptors (Lipinski definition) is 2. The van der Waals surface area contributed by atoms with E-state index in [1.807, 2.05) is 0 Å². The second kappa shape index (κ2) is 5.24. The van der Waals surface area contributed by atoms with Gasteiger partial charge in [-0.05, 0) is 42.9 Å². The van der Waals surface area contributed by atoms with Crippen LogP contribution >= 0.6 is 0 Å². The maximum absolute atomic E-state index is 12.7. The molecular formula is C15H19F3N2O. The molecule has 1 aromatic rings. The van der Waals surface area contributed by atoms with Crippen molar-refractivity contribution >= 4 is 11.6 Å². The van der Waals surface area contributed by atoms with Crippen LogP contribution in [0.15, 0.2) is 18.2 Å². The lowest BCUT2D eigenvalue weighted by atomic mass is 9.92. The smallest absolute Gasteiger partial charge is 0.398 e. The Hall–Kier alpha value is -1.72. The lowest BCUT2D eigenvalue weighted by Gasteiger charge is -2.18. The summed E-state index contributed by atoms with van der Waals surface area (Å²) < 4.78 is 38.1. The van der Waals surface area contributed by atoms with Crippen molar-refractivity contribution in [1.29, 1.82) is 0 Å². The molecule has 0 spiro atoms. The third-order valence-electron chi connectivity index (χ3n) is 3.93. The molecule has 3 nitrogen and oxygen atoms in total. The lowest BCUT2D eigenvalue weighted by Crippen LogP contribution is -2.34. The minimum atomic E-state index is -4.49. The van der Waals surface area contributed by atoms with Crippen LogP contribution in [0.1, 0.15) is 49.0 Å². The first-order valence-electron chi connectivity index (χ1n) is 6.86. The van der Waals surface area contributed by atoms with Crippen LogP contribution in [0, 0.1) is 5.41 Å². The van der Waals surface area contributed by atoms with Crippen LogP contribution in [0.3, 0.4) is 0 Å². The lowest BCUT2D eigenvalue weighted by molar-refractivity contribution is -0.137. The summed E-state index contributed by atoms with van der Waals surface area (Å²) in [6.45, 7) is 4.22. The molecule has 1 aliphatic rings. The SMILES string of the molecule is CC1(C)CCC(NC(=O)c2cc(C(F)(F)F)ccc2N)C1. The summed E-state index contributed by atoms with van der Waals surface area (Å²) in [6, 6.07) is 2.80. The highest BCUT2D eigenvalue weighted by molar-refractivity contribution is 5.99. The highest BCUT2D eigenvalue weighted by atomic mass is 19.4. The number of benzene rings is 1. The highest BCUT2D eigenvalue weighted by Gasteiger charge is 2.34. The molecular weight excluding hydrogens is 281 g/mol. The molecule has 3 N–H and O–H groups in total. The molecule has 1 amide bonds. The highest BCUT2D eigenvalue weighted by Crippen LogP contribution is 2.37. The number of amides is 1. The van der Waals surface area contributed by atoms with Gasteiger partial charge in [-0.15, -0.1) is 0 Å². The van der Waals surface area contributed by atoms with E-state index in [0.29, 0.717) is 0 Å². The Bertz CT molecular complexity index is 552. The van der Waals surface area contributed by atoms with Gasteiger partial charge in [0.2, 0.25) is 0 Å². The Labute approximate surface area is 121 Å². The third kappa shape index (κ3) is 3.68. The zero-order chi connectivity index (χ0) is 15.8. The molecule has 0 radical (unpaired) electrons. The second-order valence-corrected chi connectivity index (χ2v) is 6.38. The molecule has 21 heavy (non-hydrogen) atoms. The summed E-state index contributed by atoms with van der Waals surface area (Å²) in [5.74, 6) is -0.540. The summed E-state index contributed by atoms with van der Waals surface area (Å²) in [5, 5.41) is 2.78. The van der Waals surface area contributed by atoms with E-state index < -0.39 is 17.6 Å². The Morgan fingerprint density at radius 1 is 1.38 bits per heavy atom. The zero-order valence-electron chi connectivity index (χ0n) is 12.1. The van der Waals surface area contributed by atoms with Crippen molar-refractivity contribution in [2.45, 2.75) is 45.3 Å². The quantitative estimate of drug-likeness (QED) is 0.820. The zero-order valence-corrected chi connectivity index (χ0v) is 12.1. The number of carbonyl (C=O) groups is 1. The number of hydrogen-bond donors (Lipinski definition) is 2. The number of anilines is 1. The van der Waals surface area contributed by atoms with Gasteiger partial charge in [0.05, 0.1) is 11.1 Å². The maximum Gasteiger partial charge on any atom is 0.416 e. The van der Waals surface area contributed by atoms with Gasteiger partial charge in [-0.25, -0.2) is 0 Å². The van der Waals surface area contributed by atoms with Crippen molar-refractivity contribution in [2.75, 3.05) is 5.73 Å². The monoisotopic (exact) mass is 300 g/mol. The summed E-state index contributed by atoms with van der Waals surface area (Å²) >= 11 is 0. The van der Waals surface area contributed by atoms with Crippen LogP contribution in [0.2, 0.25) is 0 Å². The van der Waals surface area contributed by atoms with Crippen LogP contribution in [-0.2, 0) is 6.18 Å². The summed E-state index contributed by atoms with van der Waals surface area (Å²) in [4.78, 5) is 12.2. The van der Waals surface area contributed by atoms with Gasteiger partial charge in [0.1, 0.15) is 0 Å². The summed E-state index contributed by atoms with van der Waals surface area (Å²) in [6.07, 6.45) is -1.86. The van der Waals surface area contributed by atoms with Crippen molar-refractivity contribution in [2.24, 2.45) is 5.41 Å². The molecule has 1 unspecified atom stereocenters. The predicted molar refractivity (Wildman–Crippen MR) is 74.7 cm³/mol. The van der Waals surface area contributed by atoms with Crippen molar-refractivity contribution in [3.63, 3.8) is 0 Å². The number of halogens is 3. The van der Waals surface area contributed by atoms with E-state index in [2.05, 4.69) is 19.2 Å². The topological polar surface area (TPSA) is 55.1 Å². The average molecular weight is 300 g/mol. The average Bonchev–Trinajstić information content (AvgIpc) is 2.67. The van der Waals surface area contributed by atoms with Gasteiger partial charge in [0.25, 0.3) is 5.91 Å². The van der Waals surface area contributed by atoms with E-state index in [1.165, 1.54) is 0 Å². The van der Waals surface area contributed by atoms with Gasteiger partial charge in [-0.3, -0.25) is 4.79 Å². The third-order valence-corrected chi connectivity index (χ3v) is 3.93. The molecule has 0 saturated heterocycles. The first-order valence-corrected chi connectivity index (χ1v) is 6.86. The van der Waals surface area contributed by atoms with Crippen LogP contribution in [-0.4, -0.2) is 11.9 Å². The second-order valence-electron chi connectivity index (χ2n) is 6.38. The fourth-order valence-electron chi connectivity index (χ4n) is 2.75. The van der Waals surface area contributed by atoms with Crippen molar-refractivity contribution < 1.29 is 18.0 Å². The molecule has 0 aliphatic heterocycles. The Balaban J connectivity index is 2.16. The van der Waals surface area contributed by atoms with E-state index in [0.717, 1.165) is 37.5 Å². The number of alkyl halides is 3. The van der Waals surface area contributed by atoms with E-state index in [9.17, 15) is 18.0 Å². The van der Waals surface area contributed by atoms with E-state index in [1.54, 1.807) is 0 Å². The summed E-state index contributed by atoms with van der Waals surface area (Å²) in [5.41, 5.74) is 4.85. The minimum absolute atomic E-state index is 0.0126. The van der Waals surface area contributed by atoms with Crippen molar-refractivity contribution in [3.8, 4) is 0 Å². The number of nitrogen functional groups attached to an aromatic ring is 1. The van der Waals surface area contributed by atoms with Crippen molar-refractivity contribution in [1.82, 2.24) is 5.32 Å². The van der Waals surface area contributed by atoms with Gasteiger partial charge in [0.15, 0.2) is 0 Å². The van der Waals surface area contributed by atoms with Gasteiger partial charge < -0.3 is 11.1 Å². The van der Waals surface area contributed by atoms with Crippen LogP contribution in [0.5, 0.6) is 0 Å². The van der Waals surface area contributed by atoms with E-state index in [4.69, 9.17) is 5.73 Å². The summed E-state index contributed by atoms with van der Waals surface area (Å²) in [7, 11) is 0. The molecule has 6 heteroatoms. The molecule has 2 rings (SSSR count). The molecule has 116 valence electrons. The maximum atomic E-state index is 12.7. The fraction of sp³-hybridized carbons (Fsp3) is 0.533. The van der Waals surface area contributed by atoms with E-state index >= 15 is 0 Å². The standard InChI is InChI=1S/C15H19F3N2O/c1-14(2)6-5-10(8-14)20-13(21)11-7-9(15(16,17)18)3-4-12(11)19/h3-4,7,10H,5-6,8,19H2,1-2H3,(H,20,21). The molecule has 0 heterocycles. The first-order chi connectivity index (χ1) is 9.58. The minimum Gasteiger partial charge on any atom is -0.398 e. The number of nitrogens with two attached hydrogens (primary N) is 1. The number of nitrogens with one attached hydrogen (secondary N) is 1. The Kier molecular flexibility index (Phi) is 3.91. The van der Waals surface area contributed by atoms with E-state index in [-0.39, 0.29) is 22.7 Å². The van der Waals surface area contributed by atoms with Crippen LogP contribution in [0.25, 0.3) is 0 Å². The molecule has 1 saturated carbocycles. The number of rotatable bonds is 2. The Morgan fingerprint density at radius 3 is 2.57 bits per heavy atom. The predicted octanol–water partition coefficient (Wildman–Crippen LogP) is 3.60. The Morgan fingerprint density at radius 2 is 2.05 bits per heavy atom.